The number of allylic oxidation sites excluding steroid dienone is 2. The minimum Gasteiger partial charge on any atom is -0.263 e. The summed E-state index contributed by atoms with van der Waals surface area (Å²) in [6.07, 6.45) is -6.18. The van der Waals surface area contributed by atoms with Gasteiger partial charge >= 0.3 is 12.4 Å². The van der Waals surface area contributed by atoms with E-state index in [0.29, 0.717) is 6.42 Å². The van der Waals surface area contributed by atoms with Gasteiger partial charge in [0.05, 0.1) is 0 Å². The summed E-state index contributed by atoms with van der Waals surface area (Å²) in [7, 11) is 0.869. The van der Waals surface area contributed by atoms with Gasteiger partial charge in [-0.05, 0) is 18.8 Å². The maximum Gasteiger partial charge on any atom is 0.435 e. The monoisotopic (exact) mass is 314 g/mol. The van der Waals surface area contributed by atoms with E-state index in [2.05, 4.69) is 5.10 Å². The summed E-state index contributed by atoms with van der Waals surface area (Å²) in [6.45, 7) is 3.40. The van der Waals surface area contributed by atoms with Gasteiger partial charge in [-0.25, -0.2) is 0 Å². The SMILES string of the molecule is CC/C=C\C(C)Cc1c(C(F)(F)F)nn(C)c1C(F)(F)F. The van der Waals surface area contributed by atoms with Gasteiger partial charge in [0.25, 0.3) is 0 Å². The molecule has 0 spiro atoms. The molecule has 0 fully saturated rings. The number of hydrogen-bond acceptors (Lipinski definition) is 1. The summed E-state index contributed by atoms with van der Waals surface area (Å²) in [5, 5.41) is 3.03. The van der Waals surface area contributed by atoms with Crippen molar-refractivity contribution in [3.8, 4) is 0 Å². The lowest BCUT2D eigenvalue weighted by Crippen LogP contribution is -2.16. The van der Waals surface area contributed by atoms with Crippen molar-refractivity contribution in [2.45, 2.75) is 39.0 Å². The van der Waals surface area contributed by atoms with E-state index in [4.69, 9.17) is 0 Å². The normalized spacial score (nSPS) is 14.9. The highest BCUT2D eigenvalue weighted by molar-refractivity contribution is 5.31. The van der Waals surface area contributed by atoms with Crippen LogP contribution in [0.5, 0.6) is 0 Å². The van der Waals surface area contributed by atoms with Gasteiger partial charge in [0.1, 0.15) is 5.69 Å². The van der Waals surface area contributed by atoms with Crippen molar-refractivity contribution in [1.82, 2.24) is 9.78 Å². The highest BCUT2D eigenvalue weighted by Crippen LogP contribution is 2.39. The summed E-state index contributed by atoms with van der Waals surface area (Å²) in [5.74, 6) is -0.448. The van der Waals surface area contributed by atoms with Crippen LogP contribution in [0.15, 0.2) is 12.2 Å². The zero-order chi connectivity index (χ0) is 16.4. The first-order valence-electron chi connectivity index (χ1n) is 6.35. The van der Waals surface area contributed by atoms with Crippen LogP contribution in [0.25, 0.3) is 0 Å². The first-order valence-corrected chi connectivity index (χ1v) is 6.35. The molecule has 1 atom stereocenters. The van der Waals surface area contributed by atoms with Crippen molar-refractivity contribution in [3.05, 3.63) is 29.1 Å². The molecule has 8 heteroatoms. The number of nitrogens with zero attached hydrogens (tertiary/aromatic N) is 2. The summed E-state index contributed by atoms with van der Waals surface area (Å²) < 4.78 is 77.8. The molecule has 0 bridgehead atoms. The molecule has 1 rings (SSSR count). The highest BCUT2D eigenvalue weighted by atomic mass is 19.4. The van der Waals surface area contributed by atoms with E-state index in [9.17, 15) is 26.3 Å². The van der Waals surface area contributed by atoms with Gasteiger partial charge in [0.2, 0.25) is 0 Å². The summed E-state index contributed by atoms with van der Waals surface area (Å²) in [4.78, 5) is 0. The van der Waals surface area contributed by atoms with E-state index in [0.717, 1.165) is 7.05 Å². The highest BCUT2D eigenvalue weighted by Gasteiger charge is 2.45. The van der Waals surface area contributed by atoms with Crippen molar-refractivity contribution < 1.29 is 26.3 Å². The minimum absolute atomic E-state index is 0.258. The Bertz CT molecular complexity index is 510. The third-order valence-electron chi connectivity index (χ3n) is 2.91. The Kier molecular flexibility index (Phi) is 5.11. The molecule has 0 aliphatic carbocycles. The van der Waals surface area contributed by atoms with Gasteiger partial charge in [-0.2, -0.15) is 31.4 Å². The molecule has 1 heterocycles. The second-order valence-corrected chi connectivity index (χ2v) is 4.81. The molecule has 0 saturated heterocycles. The Morgan fingerprint density at radius 3 is 2.14 bits per heavy atom. The molecule has 0 radical (unpaired) electrons. The van der Waals surface area contributed by atoms with Crippen LogP contribution in [0.4, 0.5) is 26.3 Å². The Labute approximate surface area is 118 Å². The van der Waals surface area contributed by atoms with Crippen LogP contribution in [-0.2, 0) is 25.8 Å². The van der Waals surface area contributed by atoms with Crippen LogP contribution < -0.4 is 0 Å². The maximum atomic E-state index is 13.0. The summed E-state index contributed by atoms with van der Waals surface area (Å²) in [5.41, 5.74) is -3.61. The molecule has 0 aliphatic heterocycles. The maximum absolute atomic E-state index is 13.0. The van der Waals surface area contributed by atoms with E-state index in [1.165, 1.54) is 0 Å². The minimum atomic E-state index is -4.91. The Balaban J connectivity index is 3.34. The van der Waals surface area contributed by atoms with E-state index in [1.807, 2.05) is 6.92 Å². The van der Waals surface area contributed by atoms with Gasteiger partial charge in [0.15, 0.2) is 5.69 Å². The van der Waals surface area contributed by atoms with Crippen LogP contribution in [0.3, 0.4) is 0 Å². The van der Waals surface area contributed by atoms with Gasteiger partial charge in [-0.1, -0.05) is 26.0 Å². The van der Waals surface area contributed by atoms with Crippen molar-refractivity contribution in [3.63, 3.8) is 0 Å². The molecule has 2 nitrogen and oxygen atoms in total. The average molecular weight is 314 g/mol. The van der Waals surface area contributed by atoms with Crippen molar-refractivity contribution >= 4 is 0 Å². The van der Waals surface area contributed by atoms with E-state index in [1.54, 1.807) is 19.1 Å². The molecule has 0 amide bonds. The molecular formula is C13H16F6N2. The van der Waals surface area contributed by atoms with Crippen LogP contribution >= 0.6 is 0 Å². The number of aromatic nitrogens is 2. The van der Waals surface area contributed by atoms with Crippen LogP contribution in [-0.4, -0.2) is 9.78 Å². The number of alkyl halides is 6. The molecule has 1 aromatic heterocycles. The van der Waals surface area contributed by atoms with Crippen LogP contribution in [0.2, 0.25) is 0 Å². The van der Waals surface area contributed by atoms with Crippen molar-refractivity contribution in [1.29, 1.82) is 0 Å². The fourth-order valence-corrected chi connectivity index (χ4v) is 2.10. The Morgan fingerprint density at radius 2 is 1.71 bits per heavy atom. The fourth-order valence-electron chi connectivity index (χ4n) is 2.10. The van der Waals surface area contributed by atoms with E-state index < -0.39 is 35.2 Å². The first kappa shape index (κ1) is 17.6. The van der Waals surface area contributed by atoms with Crippen molar-refractivity contribution in [2.24, 2.45) is 13.0 Å². The zero-order valence-electron chi connectivity index (χ0n) is 11.8. The summed E-state index contributed by atoms with van der Waals surface area (Å²) in [6, 6.07) is 0. The van der Waals surface area contributed by atoms with Gasteiger partial charge in [-0.15, -0.1) is 0 Å². The predicted octanol–water partition coefficient (Wildman–Crippen LogP) is 4.60. The summed E-state index contributed by atoms with van der Waals surface area (Å²) >= 11 is 0. The smallest absolute Gasteiger partial charge is 0.263 e. The Morgan fingerprint density at radius 1 is 1.14 bits per heavy atom. The average Bonchev–Trinajstić information content (AvgIpc) is 2.62. The number of hydrogen-bond donors (Lipinski definition) is 0. The first-order chi connectivity index (χ1) is 9.48. The molecular weight excluding hydrogens is 298 g/mol. The molecule has 1 unspecified atom stereocenters. The third kappa shape index (κ3) is 4.25. The lowest BCUT2D eigenvalue weighted by atomic mass is 9.98. The van der Waals surface area contributed by atoms with E-state index in [-0.39, 0.29) is 11.1 Å². The number of halogens is 6. The van der Waals surface area contributed by atoms with Crippen LogP contribution in [0, 0.1) is 5.92 Å². The predicted molar refractivity (Wildman–Crippen MR) is 65.5 cm³/mol. The second-order valence-electron chi connectivity index (χ2n) is 4.81. The molecule has 0 aromatic carbocycles. The topological polar surface area (TPSA) is 17.8 Å². The largest absolute Gasteiger partial charge is 0.435 e. The molecule has 21 heavy (non-hydrogen) atoms. The quantitative estimate of drug-likeness (QED) is 0.586. The lowest BCUT2D eigenvalue weighted by molar-refractivity contribution is -0.145. The van der Waals surface area contributed by atoms with Gasteiger partial charge < -0.3 is 0 Å². The number of aryl methyl sites for hydroxylation is 1. The third-order valence-corrected chi connectivity index (χ3v) is 2.91. The molecule has 1 aromatic rings. The van der Waals surface area contributed by atoms with Gasteiger partial charge in [0, 0.05) is 12.6 Å². The molecule has 0 saturated carbocycles. The van der Waals surface area contributed by atoms with Crippen LogP contribution in [0.1, 0.15) is 37.2 Å². The van der Waals surface area contributed by atoms with Gasteiger partial charge in [-0.3, -0.25) is 4.68 Å². The number of rotatable bonds is 4. The van der Waals surface area contributed by atoms with E-state index >= 15 is 0 Å². The molecule has 0 aliphatic rings. The fraction of sp³-hybridized carbons (Fsp3) is 0.615. The van der Waals surface area contributed by atoms with Crippen molar-refractivity contribution in [2.75, 3.05) is 0 Å². The second kappa shape index (κ2) is 6.11. The molecule has 120 valence electrons. The Hall–Kier alpha value is -1.47. The zero-order valence-corrected chi connectivity index (χ0v) is 11.8. The lowest BCUT2D eigenvalue weighted by Gasteiger charge is -2.13. The standard InChI is InChI=1S/C13H16F6N2/c1-4-5-6-8(2)7-9-10(12(14,15)16)20-21(3)11(9)13(17,18)19/h5-6,8H,4,7H2,1-3H3/b6-5-. The molecule has 0 N–H and O–H groups in total.